The number of rotatable bonds is 10. The minimum absolute atomic E-state index is 0.0292. The van der Waals surface area contributed by atoms with Gasteiger partial charge in [-0.15, -0.1) is 0 Å². The number of carbonyl (C=O) groups excluding carboxylic acids is 3. The standard InChI is InChI=1S/C12H14N2O6.C11H11NO6/c1-19-11(15)10-8(6-7-13-12(16)20-2)4-3-5-9(10)14(17)18;1-18-11(15)10-7(5-6-9(13)14)3-2-4-8(10)12(16)17/h3-5H,6-7H2,1-2H3,(H,13,16);2-4H,5-6H2,1H3,(H,13,14). The van der Waals surface area contributed by atoms with Gasteiger partial charge in [0, 0.05) is 25.1 Å². The lowest BCUT2D eigenvalue weighted by Gasteiger charge is -2.09. The average Bonchev–Trinajstić information content (AvgIpc) is 2.90. The van der Waals surface area contributed by atoms with Crippen molar-refractivity contribution in [1.82, 2.24) is 5.32 Å². The van der Waals surface area contributed by atoms with E-state index in [0.29, 0.717) is 11.1 Å². The second kappa shape index (κ2) is 15.1. The number of carboxylic acid groups (broad SMARTS) is 1. The van der Waals surface area contributed by atoms with Gasteiger partial charge in [-0.2, -0.15) is 0 Å². The van der Waals surface area contributed by atoms with Gasteiger partial charge in [-0.25, -0.2) is 14.4 Å². The maximum atomic E-state index is 11.7. The van der Waals surface area contributed by atoms with Crippen molar-refractivity contribution >= 4 is 35.4 Å². The van der Waals surface area contributed by atoms with E-state index in [1.165, 1.54) is 37.4 Å². The number of aryl methyl sites for hydroxylation is 1. The van der Waals surface area contributed by atoms with Crippen molar-refractivity contribution in [3.05, 3.63) is 78.9 Å². The van der Waals surface area contributed by atoms with Crippen molar-refractivity contribution in [3.63, 3.8) is 0 Å². The normalized spacial score (nSPS) is 9.76. The van der Waals surface area contributed by atoms with Crippen LogP contribution in [-0.4, -0.2) is 66.8 Å². The quantitative estimate of drug-likeness (QED) is 0.194. The Morgan fingerprint density at radius 1 is 0.789 bits per heavy atom. The summed E-state index contributed by atoms with van der Waals surface area (Å²) >= 11 is 0. The van der Waals surface area contributed by atoms with E-state index in [2.05, 4.69) is 19.5 Å². The second-order valence-corrected chi connectivity index (χ2v) is 7.18. The first-order valence-electron chi connectivity index (χ1n) is 10.7. The molecule has 2 rings (SSSR count). The number of carbonyl (C=O) groups is 4. The molecule has 0 saturated carbocycles. The number of nitrogens with one attached hydrogen (secondary N) is 1. The largest absolute Gasteiger partial charge is 0.481 e. The van der Waals surface area contributed by atoms with Crippen LogP contribution in [0.15, 0.2) is 36.4 Å². The highest BCUT2D eigenvalue weighted by atomic mass is 16.6. The molecule has 0 atom stereocenters. The Kier molecular flexibility index (Phi) is 12.3. The van der Waals surface area contributed by atoms with Gasteiger partial charge in [-0.1, -0.05) is 24.3 Å². The van der Waals surface area contributed by atoms with Crippen LogP contribution in [0, 0.1) is 20.2 Å². The zero-order valence-corrected chi connectivity index (χ0v) is 20.6. The Morgan fingerprint density at radius 2 is 1.24 bits per heavy atom. The summed E-state index contributed by atoms with van der Waals surface area (Å²) < 4.78 is 13.4. The molecule has 0 aromatic heterocycles. The first-order valence-corrected chi connectivity index (χ1v) is 10.7. The van der Waals surface area contributed by atoms with E-state index in [9.17, 15) is 39.4 Å². The maximum Gasteiger partial charge on any atom is 0.406 e. The molecule has 2 aromatic carbocycles. The Hall–Kier alpha value is -5.08. The van der Waals surface area contributed by atoms with Gasteiger partial charge in [0.1, 0.15) is 11.1 Å². The number of nitrogens with zero attached hydrogens (tertiary/aromatic N) is 2. The van der Waals surface area contributed by atoms with Crippen LogP contribution in [-0.2, 0) is 31.8 Å². The second-order valence-electron chi connectivity index (χ2n) is 7.18. The van der Waals surface area contributed by atoms with Crippen LogP contribution in [0.25, 0.3) is 0 Å². The smallest absolute Gasteiger partial charge is 0.406 e. The molecule has 204 valence electrons. The zero-order chi connectivity index (χ0) is 28.8. The van der Waals surface area contributed by atoms with Crippen molar-refractivity contribution in [3.8, 4) is 0 Å². The Balaban J connectivity index is 0.000000382. The summed E-state index contributed by atoms with van der Waals surface area (Å²) in [6.45, 7) is 0.178. The Bertz CT molecular complexity index is 1210. The minimum atomic E-state index is -1.04. The van der Waals surface area contributed by atoms with Crippen molar-refractivity contribution in [2.75, 3.05) is 27.9 Å². The van der Waals surface area contributed by atoms with E-state index in [0.717, 1.165) is 14.2 Å². The maximum absolute atomic E-state index is 11.7. The summed E-state index contributed by atoms with van der Waals surface area (Å²) in [4.78, 5) is 65.0. The van der Waals surface area contributed by atoms with Gasteiger partial charge in [0.25, 0.3) is 11.4 Å². The monoisotopic (exact) mass is 535 g/mol. The molecule has 0 saturated heterocycles. The molecule has 0 bridgehead atoms. The van der Waals surface area contributed by atoms with Crippen molar-refractivity contribution in [2.45, 2.75) is 19.3 Å². The van der Waals surface area contributed by atoms with E-state index < -0.39 is 33.8 Å². The van der Waals surface area contributed by atoms with E-state index >= 15 is 0 Å². The molecular formula is C23H25N3O12. The number of nitro benzene ring substituents is 2. The van der Waals surface area contributed by atoms with Crippen LogP contribution in [0.5, 0.6) is 0 Å². The number of methoxy groups -OCH3 is 3. The molecule has 1 amide bonds. The van der Waals surface area contributed by atoms with Crippen LogP contribution >= 0.6 is 0 Å². The third kappa shape index (κ3) is 8.85. The summed E-state index contributed by atoms with van der Waals surface area (Å²) in [6, 6.07) is 8.32. The van der Waals surface area contributed by atoms with Gasteiger partial charge < -0.3 is 24.6 Å². The summed E-state index contributed by atoms with van der Waals surface area (Å²) in [5.41, 5.74) is -0.295. The zero-order valence-electron chi connectivity index (χ0n) is 20.6. The molecule has 0 radical (unpaired) electrons. The number of esters is 2. The van der Waals surface area contributed by atoms with Crippen LogP contribution in [0.4, 0.5) is 16.2 Å². The number of benzene rings is 2. The lowest BCUT2D eigenvalue weighted by molar-refractivity contribution is -0.385. The van der Waals surface area contributed by atoms with E-state index in [-0.39, 0.29) is 48.3 Å². The van der Waals surface area contributed by atoms with Crippen molar-refractivity contribution in [2.24, 2.45) is 0 Å². The van der Waals surface area contributed by atoms with Gasteiger partial charge in [0.05, 0.1) is 31.2 Å². The first kappa shape index (κ1) is 31.0. The topological polar surface area (TPSA) is 215 Å². The Morgan fingerprint density at radius 3 is 1.61 bits per heavy atom. The lowest BCUT2D eigenvalue weighted by Crippen LogP contribution is -2.25. The van der Waals surface area contributed by atoms with Gasteiger partial charge in [-0.3, -0.25) is 25.0 Å². The molecular weight excluding hydrogens is 510 g/mol. The van der Waals surface area contributed by atoms with Crippen molar-refractivity contribution < 1.29 is 48.3 Å². The number of hydrogen-bond acceptors (Lipinski definition) is 11. The minimum Gasteiger partial charge on any atom is -0.481 e. The third-order valence-corrected chi connectivity index (χ3v) is 4.89. The van der Waals surface area contributed by atoms with Crippen LogP contribution in [0.3, 0.4) is 0 Å². The fraction of sp³-hybridized carbons (Fsp3) is 0.304. The molecule has 0 aliphatic carbocycles. The highest BCUT2D eigenvalue weighted by molar-refractivity contribution is 5.96. The summed E-state index contributed by atoms with van der Waals surface area (Å²) in [6.07, 6.45) is -0.566. The number of hydrogen-bond donors (Lipinski definition) is 2. The fourth-order valence-electron chi connectivity index (χ4n) is 3.18. The molecule has 15 heteroatoms. The molecule has 0 aliphatic heterocycles. The molecule has 2 N–H and O–H groups in total. The van der Waals surface area contributed by atoms with Crippen molar-refractivity contribution in [1.29, 1.82) is 0 Å². The van der Waals surface area contributed by atoms with Gasteiger partial charge in [0.15, 0.2) is 0 Å². The third-order valence-electron chi connectivity index (χ3n) is 4.89. The predicted molar refractivity (Wildman–Crippen MR) is 129 cm³/mol. The van der Waals surface area contributed by atoms with Crippen LogP contribution in [0.1, 0.15) is 38.3 Å². The first-order chi connectivity index (χ1) is 18.0. The van der Waals surface area contributed by atoms with Crippen LogP contribution in [0.2, 0.25) is 0 Å². The van der Waals surface area contributed by atoms with E-state index in [1.807, 2.05) is 0 Å². The lowest BCUT2D eigenvalue weighted by atomic mass is 10.0. The number of aliphatic carboxylic acids is 1. The predicted octanol–water partition coefficient (Wildman–Crippen LogP) is 2.68. The summed E-state index contributed by atoms with van der Waals surface area (Å²) in [7, 11) is 3.48. The summed E-state index contributed by atoms with van der Waals surface area (Å²) in [5.74, 6) is -2.68. The molecule has 0 heterocycles. The fourth-order valence-corrected chi connectivity index (χ4v) is 3.18. The molecule has 0 fully saturated rings. The molecule has 0 aliphatic rings. The molecule has 0 unspecified atom stereocenters. The number of alkyl carbamates (subject to hydrolysis) is 1. The molecule has 0 spiro atoms. The number of carboxylic acids is 1. The van der Waals surface area contributed by atoms with Gasteiger partial charge in [0.2, 0.25) is 0 Å². The highest BCUT2D eigenvalue weighted by Crippen LogP contribution is 2.25. The van der Waals surface area contributed by atoms with Gasteiger partial charge >= 0.3 is 24.0 Å². The van der Waals surface area contributed by atoms with Gasteiger partial charge in [-0.05, 0) is 24.0 Å². The number of amides is 1. The van der Waals surface area contributed by atoms with E-state index in [4.69, 9.17) is 5.11 Å². The SMILES string of the molecule is COC(=O)NCCc1cccc([N+](=O)[O-])c1C(=O)OC.COC(=O)c1c(CCC(=O)O)cccc1[N+](=O)[O-]. The Labute approximate surface area is 215 Å². The number of nitro groups is 2. The molecule has 38 heavy (non-hydrogen) atoms. The van der Waals surface area contributed by atoms with Crippen LogP contribution < -0.4 is 5.32 Å². The van der Waals surface area contributed by atoms with E-state index in [1.54, 1.807) is 6.07 Å². The highest BCUT2D eigenvalue weighted by Gasteiger charge is 2.25. The number of ether oxygens (including phenoxy) is 3. The molecule has 2 aromatic rings. The molecule has 15 nitrogen and oxygen atoms in total. The average molecular weight is 535 g/mol. The summed E-state index contributed by atoms with van der Waals surface area (Å²) in [5, 5.41) is 32.8.